The van der Waals surface area contributed by atoms with Crippen molar-refractivity contribution >= 4 is 28.7 Å². The van der Waals surface area contributed by atoms with Gasteiger partial charge in [0.25, 0.3) is 11.8 Å². The van der Waals surface area contributed by atoms with Crippen LogP contribution in [0.25, 0.3) is 0 Å². The predicted octanol–water partition coefficient (Wildman–Crippen LogP) is 2.29. The summed E-state index contributed by atoms with van der Waals surface area (Å²) in [5, 5.41) is -0.198. The molecule has 1 atom stereocenters. The third-order valence-corrected chi connectivity index (χ3v) is 4.10. The Kier molecular flexibility index (Phi) is 3.94. The molecule has 0 radical (unpaired) electrons. The first kappa shape index (κ1) is 14.7. The average Bonchev–Trinajstić information content (AvgIpc) is 2.62. The maximum Gasteiger partial charge on any atom is 0.261 e. The summed E-state index contributed by atoms with van der Waals surface area (Å²) in [4.78, 5) is 36.0. The summed E-state index contributed by atoms with van der Waals surface area (Å²) in [6.07, 6.45) is 0. The van der Waals surface area contributed by atoms with Crippen molar-refractivity contribution in [2.45, 2.75) is 19.5 Å². The zero-order chi connectivity index (χ0) is 14.9. The molecule has 4 nitrogen and oxygen atoms in total. The molecule has 0 fully saturated rings. The zero-order valence-corrected chi connectivity index (χ0v) is 12.0. The lowest BCUT2D eigenvalue weighted by molar-refractivity contribution is -0.109. The molecule has 0 saturated heterocycles. The van der Waals surface area contributed by atoms with Crippen LogP contribution in [0.5, 0.6) is 0 Å². The molecule has 1 aromatic rings. The van der Waals surface area contributed by atoms with Crippen molar-refractivity contribution in [3.05, 3.63) is 35.4 Å². The first-order valence-electron chi connectivity index (χ1n) is 6.09. The number of benzene rings is 1. The first-order valence-corrected chi connectivity index (χ1v) is 7.08. The van der Waals surface area contributed by atoms with Crippen LogP contribution < -0.4 is 0 Å². The Hall–Kier alpha value is -1.69. The summed E-state index contributed by atoms with van der Waals surface area (Å²) in [5.41, 5.74) is -1.20. The maximum absolute atomic E-state index is 14.4. The van der Waals surface area contributed by atoms with Crippen LogP contribution in [0.1, 0.15) is 34.6 Å². The van der Waals surface area contributed by atoms with Crippen LogP contribution in [0, 0.1) is 0 Å². The van der Waals surface area contributed by atoms with E-state index in [1.807, 2.05) is 0 Å². The van der Waals surface area contributed by atoms with Gasteiger partial charge >= 0.3 is 0 Å². The van der Waals surface area contributed by atoms with Crippen LogP contribution in [-0.2, 0) is 4.79 Å². The number of nitrogens with zero attached hydrogens (tertiary/aromatic N) is 1. The second-order valence-electron chi connectivity index (χ2n) is 4.94. The highest BCUT2D eigenvalue weighted by molar-refractivity contribution is 8.13. The van der Waals surface area contributed by atoms with Gasteiger partial charge in [0.2, 0.25) is 0 Å². The van der Waals surface area contributed by atoms with Crippen molar-refractivity contribution < 1.29 is 18.8 Å². The molecule has 0 N–H and O–H groups in total. The molecule has 1 aliphatic heterocycles. The third-order valence-electron chi connectivity index (χ3n) is 2.94. The molecular formula is C14H14FNO3S. The molecule has 6 heteroatoms. The minimum absolute atomic E-state index is 0.0876. The Labute approximate surface area is 120 Å². The summed E-state index contributed by atoms with van der Waals surface area (Å²) in [6.45, 7) is 2.29. The number of carbonyl (C=O) groups is 3. The molecule has 1 heterocycles. The topological polar surface area (TPSA) is 54.5 Å². The number of alkyl halides is 1. The van der Waals surface area contributed by atoms with Gasteiger partial charge in [0, 0.05) is 12.7 Å². The molecule has 20 heavy (non-hydrogen) atoms. The van der Waals surface area contributed by atoms with Crippen LogP contribution in [0.3, 0.4) is 0 Å². The summed E-state index contributed by atoms with van der Waals surface area (Å²) < 4.78 is 14.4. The predicted molar refractivity (Wildman–Crippen MR) is 74.5 cm³/mol. The van der Waals surface area contributed by atoms with Crippen LogP contribution in [0.4, 0.5) is 4.39 Å². The second kappa shape index (κ2) is 5.36. The number of imide groups is 1. The van der Waals surface area contributed by atoms with Crippen molar-refractivity contribution in [2.75, 3.05) is 12.3 Å². The lowest BCUT2D eigenvalue weighted by atomic mass is 10.1. The van der Waals surface area contributed by atoms with Gasteiger partial charge in [0.1, 0.15) is 5.67 Å². The number of thioether (sulfide) groups is 1. The monoisotopic (exact) mass is 295 g/mol. The first-order chi connectivity index (χ1) is 9.32. The molecule has 1 aliphatic rings. The summed E-state index contributed by atoms with van der Waals surface area (Å²) >= 11 is 0.845. The molecule has 2 rings (SSSR count). The van der Waals surface area contributed by atoms with E-state index in [9.17, 15) is 18.8 Å². The Morgan fingerprint density at radius 3 is 2.20 bits per heavy atom. The third kappa shape index (κ3) is 2.90. The van der Waals surface area contributed by atoms with E-state index in [4.69, 9.17) is 0 Å². The van der Waals surface area contributed by atoms with Crippen molar-refractivity contribution in [2.24, 2.45) is 0 Å². The Morgan fingerprint density at radius 2 is 1.75 bits per heavy atom. The maximum atomic E-state index is 14.4. The lowest BCUT2D eigenvalue weighted by Crippen LogP contribution is -2.42. The van der Waals surface area contributed by atoms with Crippen molar-refractivity contribution in [3.63, 3.8) is 0 Å². The van der Waals surface area contributed by atoms with Gasteiger partial charge < -0.3 is 0 Å². The van der Waals surface area contributed by atoms with Crippen molar-refractivity contribution in [3.8, 4) is 0 Å². The van der Waals surface area contributed by atoms with E-state index >= 15 is 0 Å². The van der Waals surface area contributed by atoms with Gasteiger partial charge in [-0.3, -0.25) is 19.3 Å². The average molecular weight is 295 g/mol. The molecule has 2 amide bonds. The molecule has 1 unspecified atom stereocenters. The Balaban J connectivity index is 2.14. The van der Waals surface area contributed by atoms with Gasteiger partial charge in [-0.1, -0.05) is 23.9 Å². The number of fused-ring (bicyclic) bond motifs is 1. The number of halogens is 1. The van der Waals surface area contributed by atoms with E-state index < -0.39 is 17.5 Å². The van der Waals surface area contributed by atoms with Crippen LogP contribution >= 0.6 is 11.8 Å². The number of hydrogen-bond donors (Lipinski definition) is 0. The van der Waals surface area contributed by atoms with Gasteiger partial charge in [-0.15, -0.1) is 0 Å². The van der Waals surface area contributed by atoms with Crippen molar-refractivity contribution in [1.29, 1.82) is 0 Å². The smallest absolute Gasteiger partial charge is 0.261 e. The van der Waals surface area contributed by atoms with E-state index in [1.54, 1.807) is 24.3 Å². The van der Waals surface area contributed by atoms with E-state index in [-0.39, 0.29) is 17.4 Å². The Morgan fingerprint density at radius 1 is 1.25 bits per heavy atom. The highest BCUT2D eigenvalue weighted by Gasteiger charge is 2.40. The van der Waals surface area contributed by atoms with Crippen LogP contribution in [-0.4, -0.2) is 39.8 Å². The SMILES string of the molecule is CC(=O)SCC(C)(F)CN1C(=O)c2ccccc2C1=O. The molecular weight excluding hydrogens is 281 g/mol. The number of hydrogen-bond acceptors (Lipinski definition) is 4. The van der Waals surface area contributed by atoms with Crippen LogP contribution in [0.15, 0.2) is 24.3 Å². The number of amides is 2. The van der Waals surface area contributed by atoms with Gasteiger partial charge in [-0.05, 0) is 19.1 Å². The normalized spacial score (nSPS) is 17.1. The fourth-order valence-corrected chi connectivity index (χ4v) is 2.61. The molecule has 1 aromatic carbocycles. The van der Waals surface area contributed by atoms with E-state index in [0.29, 0.717) is 11.1 Å². The molecule has 0 bridgehead atoms. The second-order valence-corrected chi connectivity index (χ2v) is 6.09. The van der Waals surface area contributed by atoms with E-state index in [1.165, 1.54) is 13.8 Å². The quantitative estimate of drug-likeness (QED) is 0.800. The van der Waals surface area contributed by atoms with E-state index in [0.717, 1.165) is 16.7 Å². The molecule has 106 valence electrons. The molecule has 0 spiro atoms. The van der Waals surface area contributed by atoms with Gasteiger partial charge in [0.15, 0.2) is 5.12 Å². The fourth-order valence-electron chi connectivity index (χ4n) is 2.01. The van der Waals surface area contributed by atoms with Crippen molar-refractivity contribution in [1.82, 2.24) is 4.90 Å². The highest BCUT2D eigenvalue weighted by Crippen LogP contribution is 2.27. The molecule has 0 aliphatic carbocycles. The van der Waals surface area contributed by atoms with Gasteiger partial charge in [-0.25, -0.2) is 4.39 Å². The Bertz CT molecular complexity index is 551. The standard InChI is InChI=1S/C14H14FNO3S/c1-9(17)20-8-14(2,15)7-16-12(18)10-5-3-4-6-11(10)13(16)19/h3-6H,7-8H2,1-2H3. The minimum atomic E-state index is -1.80. The largest absolute Gasteiger partial charge is 0.288 e. The summed E-state index contributed by atoms with van der Waals surface area (Å²) in [5.74, 6) is -1.06. The lowest BCUT2D eigenvalue weighted by Gasteiger charge is -2.24. The van der Waals surface area contributed by atoms with E-state index in [2.05, 4.69) is 0 Å². The van der Waals surface area contributed by atoms with Crippen LogP contribution in [0.2, 0.25) is 0 Å². The summed E-state index contributed by atoms with van der Waals surface area (Å²) in [6, 6.07) is 6.42. The zero-order valence-electron chi connectivity index (χ0n) is 11.2. The number of rotatable bonds is 4. The molecule has 0 saturated carbocycles. The minimum Gasteiger partial charge on any atom is -0.288 e. The van der Waals surface area contributed by atoms with Gasteiger partial charge in [-0.2, -0.15) is 0 Å². The fraction of sp³-hybridized carbons (Fsp3) is 0.357. The number of carbonyl (C=O) groups excluding carboxylic acids is 3. The summed E-state index contributed by atoms with van der Waals surface area (Å²) in [7, 11) is 0. The molecule has 0 aromatic heterocycles. The van der Waals surface area contributed by atoms with Gasteiger partial charge in [0.05, 0.1) is 17.7 Å². The highest BCUT2D eigenvalue weighted by atomic mass is 32.2.